The number of nitrogens with zero attached hydrogens (tertiary/aromatic N) is 2. The van der Waals surface area contributed by atoms with Crippen molar-refractivity contribution < 1.29 is 14.3 Å². The quantitative estimate of drug-likeness (QED) is 0.719. The van der Waals surface area contributed by atoms with Crippen molar-refractivity contribution in [2.45, 2.75) is 51.1 Å². The molecule has 2 saturated heterocycles. The number of carbonyl (C=O) groups excluding carboxylic acids is 2. The van der Waals surface area contributed by atoms with E-state index in [0.29, 0.717) is 0 Å². The van der Waals surface area contributed by atoms with Gasteiger partial charge in [-0.15, -0.1) is 0 Å². The third-order valence-corrected chi connectivity index (χ3v) is 3.93. The van der Waals surface area contributed by atoms with Crippen LogP contribution < -0.4 is 0 Å². The summed E-state index contributed by atoms with van der Waals surface area (Å²) in [6, 6.07) is -0.132. The number of ether oxygens (including phenoxy) is 1. The van der Waals surface area contributed by atoms with Crippen LogP contribution in [0.4, 0.5) is 4.79 Å². The maximum absolute atomic E-state index is 12.4. The van der Waals surface area contributed by atoms with Crippen molar-refractivity contribution in [3.63, 3.8) is 0 Å². The summed E-state index contributed by atoms with van der Waals surface area (Å²) in [6.07, 6.45) is 4.67. The molecule has 0 spiro atoms. The normalized spacial score (nSPS) is 28.0. The Hall–Kier alpha value is -1.26. The van der Waals surface area contributed by atoms with Crippen molar-refractivity contribution in [2.75, 3.05) is 20.2 Å². The second-order valence-electron chi connectivity index (χ2n) is 5.09. The van der Waals surface area contributed by atoms with Gasteiger partial charge in [0.15, 0.2) is 0 Å². The standard InChI is InChI=1S/C13H22N2O3/c1-3-8-14-9-7-10-5-4-6-11(12(16)18-2)15(10)13(14)17/h10-11H,3-9H2,1-2H3/t10-,11-/m1/s1. The Kier molecular flexibility index (Phi) is 4.09. The van der Waals surface area contributed by atoms with Crippen LogP contribution in [0.1, 0.15) is 39.0 Å². The average Bonchev–Trinajstić information content (AvgIpc) is 2.40. The van der Waals surface area contributed by atoms with Crippen LogP contribution in [-0.4, -0.2) is 54.1 Å². The number of carbonyl (C=O) groups is 2. The number of amides is 2. The van der Waals surface area contributed by atoms with E-state index in [-0.39, 0.29) is 24.1 Å². The zero-order valence-electron chi connectivity index (χ0n) is 11.2. The molecule has 102 valence electrons. The fourth-order valence-electron chi connectivity index (χ4n) is 3.06. The molecular weight excluding hydrogens is 232 g/mol. The van der Waals surface area contributed by atoms with Gasteiger partial charge < -0.3 is 14.5 Å². The van der Waals surface area contributed by atoms with Crippen molar-refractivity contribution in [3.05, 3.63) is 0 Å². The highest BCUT2D eigenvalue weighted by molar-refractivity contribution is 5.84. The molecule has 5 nitrogen and oxygen atoms in total. The van der Waals surface area contributed by atoms with Crippen molar-refractivity contribution >= 4 is 12.0 Å². The van der Waals surface area contributed by atoms with Crippen LogP contribution >= 0.6 is 0 Å². The Labute approximate surface area is 108 Å². The predicted molar refractivity (Wildman–Crippen MR) is 67.2 cm³/mol. The number of hydrogen-bond donors (Lipinski definition) is 0. The number of urea groups is 1. The Bertz CT molecular complexity index is 332. The summed E-state index contributed by atoms with van der Waals surface area (Å²) in [4.78, 5) is 27.9. The third-order valence-electron chi connectivity index (χ3n) is 3.93. The maximum atomic E-state index is 12.4. The minimum Gasteiger partial charge on any atom is -0.467 e. The van der Waals surface area contributed by atoms with Gasteiger partial charge in [0.25, 0.3) is 0 Å². The minimum atomic E-state index is -0.374. The highest BCUT2D eigenvalue weighted by atomic mass is 16.5. The fraction of sp³-hybridized carbons (Fsp3) is 0.846. The van der Waals surface area contributed by atoms with Crippen LogP contribution in [0, 0.1) is 0 Å². The molecule has 0 unspecified atom stereocenters. The molecule has 18 heavy (non-hydrogen) atoms. The van der Waals surface area contributed by atoms with E-state index in [1.165, 1.54) is 7.11 Å². The predicted octanol–water partition coefficient (Wildman–Crippen LogP) is 1.62. The highest BCUT2D eigenvalue weighted by Crippen LogP contribution is 2.30. The van der Waals surface area contributed by atoms with Gasteiger partial charge >= 0.3 is 12.0 Å². The van der Waals surface area contributed by atoms with Gasteiger partial charge in [0.2, 0.25) is 0 Å². The van der Waals surface area contributed by atoms with Crippen LogP contribution in [-0.2, 0) is 9.53 Å². The van der Waals surface area contributed by atoms with Crippen LogP contribution in [0.25, 0.3) is 0 Å². The molecule has 2 amide bonds. The summed E-state index contributed by atoms with van der Waals surface area (Å²) in [7, 11) is 1.39. The lowest BCUT2D eigenvalue weighted by atomic mass is 9.92. The average molecular weight is 254 g/mol. The Morgan fingerprint density at radius 3 is 2.83 bits per heavy atom. The molecule has 2 aliphatic heterocycles. The molecule has 2 atom stereocenters. The highest BCUT2D eigenvalue weighted by Gasteiger charge is 2.43. The molecule has 0 aliphatic carbocycles. The monoisotopic (exact) mass is 254 g/mol. The molecule has 5 heteroatoms. The van der Waals surface area contributed by atoms with Crippen LogP contribution in [0.3, 0.4) is 0 Å². The van der Waals surface area contributed by atoms with Crippen molar-refractivity contribution in [2.24, 2.45) is 0 Å². The first-order chi connectivity index (χ1) is 8.69. The zero-order valence-corrected chi connectivity index (χ0v) is 11.2. The summed E-state index contributed by atoms with van der Waals surface area (Å²) in [5.74, 6) is -0.272. The fourth-order valence-corrected chi connectivity index (χ4v) is 3.06. The van der Waals surface area contributed by atoms with Crippen molar-refractivity contribution in [3.8, 4) is 0 Å². The lowest BCUT2D eigenvalue weighted by molar-refractivity contribution is -0.149. The first-order valence-electron chi connectivity index (χ1n) is 6.84. The lowest BCUT2D eigenvalue weighted by Gasteiger charge is -2.47. The van der Waals surface area contributed by atoms with E-state index in [1.807, 2.05) is 4.90 Å². The second kappa shape index (κ2) is 5.59. The Morgan fingerprint density at radius 2 is 2.17 bits per heavy atom. The number of hydrogen-bond acceptors (Lipinski definition) is 3. The summed E-state index contributed by atoms with van der Waals surface area (Å²) in [5.41, 5.74) is 0. The Balaban J connectivity index is 2.15. The van der Waals surface area contributed by atoms with Gasteiger partial charge in [0.1, 0.15) is 6.04 Å². The minimum absolute atomic E-state index is 0.0169. The van der Waals surface area contributed by atoms with Crippen LogP contribution in [0.5, 0.6) is 0 Å². The summed E-state index contributed by atoms with van der Waals surface area (Å²) in [5, 5.41) is 0. The number of methoxy groups -OCH3 is 1. The van der Waals surface area contributed by atoms with Crippen LogP contribution in [0.15, 0.2) is 0 Å². The largest absolute Gasteiger partial charge is 0.467 e. The molecule has 0 saturated carbocycles. The van der Waals surface area contributed by atoms with Gasteiger partial charge in [-0.3, -0.25) is 0 Å². The van der Waals surface area contributed by atoms with E-state index in [2.05, 4.69) is 6.92 Å². The number of rotatable bonds is 3. The number of esters is 1. The molecule has 0 bridgehead atoms. The second-order valence-corrected chi connectivity index (χ2v) is 5.09. The Morgan fingerprint density at radius 1 is 1.39 bits per heavy atom. The van der Waals surface area contributed by atoms with Gasteiger partial charge in [-0.25, -0.2) is 9.59 Å². The molecule has 2 fully saturated rings. The van der Waals surface area contributed by atoms with E-state index in [9.17, 15) is 9.59 Å². The summed E-state index contributed by atoms with van der Waals surface area (Å²) < 4.78 is 4.83. The first kappa shape index (κ1) is 13.2. The van der Waals surface area contributed by atoms with Crippen molar-refractivity contribution in [1.82, 2.24) is 9.80 Å². The van der Waals surface area contributed by atoms with Gasteiger partial charge in [-0.2, -0.15) is 0 Å². The van der Waals surface area contributed by atoms with Gasteiger partial charge in [-0.1, -0.05) is 6.92 Å². The van der Waals surface area contributed by atoms with E-state index >= 15 is 0 Å². The molecule has 0 radical (unpaired) electrons. The molecule has 2 heterocycles. The summed E-state index contributed by atoms with van der Waals surface area (Å²) in [6.45, 7) is 3.66. The van der Waals surface area contributed by atoms with E-state index in [0.717, 1.165) is 45.2 Å². The number of piperidine rings is 1. The molecule has 2 rings (SSSR count). The summed E-state index contributed by atoms with van der Waals surface area (Å²) >= 11 is 0. The van der Waals surface area contributed by atoms with Gasteiger partial charge in [0, 0.05) is 19.1 Å². The van der Waals surface area contributed by atoms with Gasteiger partial charge in [-0.05, 0) is 32.1 Å². The molecule has 0 aromatic carbocycles. The maximum Gasteiger partial charge on any atom is 0.328 e. The van der Waals surface area contributed by atoms with E-state index in [1.54, 1.807) is 4.90 Å². The molecule has 2 aliphatic rings. The molecule has 0 aromatic heterocycles. The SMILES string of the molecule is CCCN1CC[C@H]2CCC[C@H](C(=O)OC)N2C1=O. The molecule has 0 aromatic rings. The number of fused-ring (bicyclic) bond motifs is 1. The first-order valence-corrected chi connectivity index (χ1v) is 6.84. The molecule has 0 N–H and O–H groups in total. The van der Waals surface area contributed by atoms with E-state index < -0.39 is 0 Å². The van der Waals surface area contributed by atoms with Gasteiger partial charge in [0.05, 0.1) is 7.11 Å². The molecular formula is C13H22N2O3. The van der Waals surface area contributed by atoms with E-state index in [4.69, 9.17) is 4.74 Å². The van der Waals surface area contributed by atoms with Crippen molar-refractivity contribution in [1.29, 1.82) is 0 Å². The zero-order chi connectivity index (χ0) is 13.1. The van der Waals surface area contributed by atoms with Crippen LogP contribution in [0.2, 0.25) is 0 Å². The lowest BCUT2D eigenvalue weighted by Crippen LogP contribution is -2.61. The topological polar surface area (TPSA) is 49.9 Å². The third kappa shape index (κ3) is 2.31. The smallest absolute Gasteiger partial charge is 0.328 e.